The van der Waals surface area contributed by atoms with Crippen LogP contribution in [0.15, 0.2) is 28.9 Å². The summed E-state index contributed by atoms with van der Waals surface area (Å²) in [5.41, 5.74) is 2.20. The van der Waals surface area contributed by atoms with Gasteiger partial charge in [0.15, 0.2) is 0 Å². The van der Waals surface area contributed by atoms with Crippen molar-refractivity contribution in [2.75, 3.05) is 0 Å². The number of H-pyrrole nitrogens is 1. The van der Waals surface area contributed by atoms with Crippen molar-refractivity contribution in [2.24, 2.45) is 7.05 Å². The molecular formula is C14H13N5O2. The third kappa shape index (κ3) is 2.06. The smallest absolute Gasteiger partial charge is 0.300 e. The second-order valence-corrected chi connectivity index (χ2v) is 5.24. The summed E-state index contributed by atoms with van der Waals surface area (Å²) >= 11 is 0. The molecule has 21 heavy (non-hydrogen) atoms. The maximum absolute atomic E-state index is 12.3. The maximum atomic E-state index is 12.3. The van der Waals surface area contributed by atoms with Gasteiger partial charge in [-0.3, -0.25) is 9.89 Å². The minimum absolute atomic E-state index is 0.0252. The fourth-order valence-corrected chi connectivity index (χ4v) is 2.28. The number of nitrogens with one attached hydrogen (secondary N) is 1. The Morgan fingerprint density at radius 1 is 1.48 bits per heavy atom. The standard InChI is InChI=1S/C14H13N5O2/c1-19-6-2-3-11(19)12(20)14-15-13(18-21-14)10-7-9(16-17-10)8-4-5-8/h2-3,6-8H,4-5H2,1H3,(H,16,17). The van der Waals surface area contributed by atoms with Gasteiger partial charge in [-0.05, 0) is 31.0 Å². The summed E-state index contributed by atoms with van der Waals surface area (Å²) in [6.07, 6.45) is 4.16. The molecule has 7 heteroatoms. The van der Waals surface area contributed by atoms with Crippen LogP contribution in [0.25, 0.3) is 11.5 Å². The third-order valence-electron chi connectivity index (χ3n) is 3.64. The average molecular weight is 283 g/mol. The number of carbonyl (C=O) groups is 1. The lowest BCUT2D eigenvalue weighted by molar-refractivity contribution is 0.0986. The first kappa shape index (κ1) is 12.1. The molecule has 0 amide bonds. The predicted octanol–water partition coefficient (Wildman–Crippen LogP) is 1.91. The summed E-state index contributed by atoms with van der Waals surface area (Å²) in [5.74, 6) is 0.584. The van der Waals surface area contributed by atoms with Crippen LogP contribution < -0.4 is 0 Å². The SMILES string of the molecule is Cn1cccc1C(=O)c1nc(-c2cc(C3CC3)[nH]n2)no1. The van der Waals surface area contributed by atoms with Crippen molar-refractivity contribution in [3.05, 3.63) is 41.7 Å². The van der Waals surface area contributed by atoms with Crippen molar-refractivity contribution < 1.29 is 9.32 Å². The molecule has 1 saturated carbocycles. The number of aromatic nitrogens is 5. The highest BCUT2D eigenvalue weighted by molar-refractivity contribution is 6.04. The van der Waals surface area contributed by atoms with Gasteiger partial charge in [-0.2, -0.15) is 10.1 Å². The molecule has 0 radical (unpaired) electrons. The van der Waals surface area contributed by atoms with E-state index in [0.29, 0.717) is 23.1 Å². The first-order chi connectivity index (χ1) is 10.2. The van der Waals surface area contributed by atoms with Gasteiger partial charge < -0.3 is 9.09 Å². The van der Waals surface area contributed by atoms with Gasteiger partial charge in [0.25, 0.3) is 5.78 Å². The number of rotatable bonds is 4. The lowest BCUT2D eigenvalue weighted by atomic mass is 10.2. The highest BCUT2D eigenvalue weighted by atomic mass is 16.5. The number of carbonyl (C=O) groups excluding carboxylic acids is 1. The molecule has 1 fully saturated rings. The molecule has 0 bridgehead atoms. The number of hydrogen-bond acceptors (Lipinski definition) is 5. The largest absolute Gasteiger partial charge is 0.348 e. The molecule has 106 valence electrons. The number of ketones is 1. The van der Waals surface area contributed by atoms with E-state index in [1.807, 2.05) is 6.07 Å². The van der Waals surface area contributed by atoms with E-state index < -0.39 is 0 Å². The Bertz CT molecular complexity index is 809. The molecule has 0 aromatic carbocycles. The van der Waals surface area contributed by atoms with Crippen molar-refractivity contribution in [3.63, 3.8) is 0 Å². The van der Waals surface area contributed by atoms with Crippen LogP contribution >= 0.6 is 0 Å². The Morgan fingerprint density at radius 2 is 2.33 bits per heavy atom. The maximum Gasteiger partial charge on any atom is 0.300 e. The molecule has 3 aromatic rings. The number of aromatic amines is 1. The number of hydrogen-bond donors (Lipinski definition) is 1. The predicted molar refractivity (Wildman–Crippen MR) is 72.7 cm³/mol. The first-order valence-electron chi connectivity index (χ1n) is 6.78. The molecule has 4 rings (SSSR count). The zero-order valence-electron chi connectivity index (χ0n) is 11.4. The fraction of sp³-hybridized carbons (Fsp3) is 0.286. The van der Waals surface area contributed by atoms with Gasteiger partial charge in [0, 0.05) is 24.9 Å². The van der Waals surface area contributed by atoms with Gasteiger partial charge in [-0.25, -0.2) is 0 Å². The minimum atomic E-state index is -0.292. The van der Waals surface area contributed by atoms with E-state index in [0.717, 1.165) is 5.69 Å². The summed E-state index contributed by atoms with van der Waals surface area (Å²) in [6, 6.07) is 5.42. The van der Waals surface area contributed by atoms with Crippen molar-refractivity contribution in [3.8, 4) is 11.5 Å². The van der Waals surface area contributed by atoms with Gasteiger partial charge in [0.05, 0.1) is 5.69 Å². The van der Waals surface area contributed by atoms with Gasteiger partial charge in [-0.15, -0.1) is 0 Å². The quantitative estimate of drug-likeness (QED) is 0.739. The summed E-state index contributed by atoms with van der Waals surface area (Å²) in [6.45, 7) is 0. The normalized spacial score (nSPS) is 14.5. The molecule has 0 aliphatic heterocycles. The molecule has 0 unspecified atom stereocenters. The van der Waals surface area contributed by atoms with E-state index in [-0.39, 0.29) is 11.7 Å². The Labute approximate surface area is 120 Å². The Morgan fingerprint density at radius 3 is 3.05 bits per heavy atom. The molecule has 1 aliphatic rings. The molecule has 0 saturated heterocycles. The Balaban J connectivity index is 1.62. The zero-order chi connectivity index (χ0) is 14.4. The van der Waals surface area contributed by atoms with Crippen LogP contribution in [-0.4, -0.2) is 30.7 Å². The van der Waals surface area contributed by atoms with Gasteiger partial charge >= 0.3 is 5.89 Å². The molecule has 3 aromatic heterocycles. The van der Waals surface area contributed by atoms with E-state index in [1.54, 1.807) is 29.9 Å². The molecule has 0 spiro atoms. The third-order valence-corrected chi connectivity index (χ3v) is 3.64. The minimum Gasteiger partial charge on any atom is -0.348 e. The van der Waals surface area contributed by atoms with Crippen LogP contribution in [0.2, 0.25) is 0 Å². The summed E-state index contributed by atoms with van der Waals surface area (Å²) in [4.78, 5) is 16.4. The topological polar surface area (TPSA) is 89.6 Å². The second kappa shape index (κ2) is 4.41. The van der Waals surface area contributed by atoms with E-state index >= 15 is 0 Å². The van der Waals surface area contributed by atoms with Crippen LogP contribution in [-0.2, 0) is 7.05 Å². The van der Waals surface area contributed by atoms with Crippen molar-refractivity contribution in [1.29, 1.82) is 0 Å². The molecular weight excluding hydrogens is 270 g/mol. The Hall–Kier alpha value is -2.70. The van der Waals surface area contributed by atoms with Crippen LogP contribution in [0.1, 0.15) is 40.8 Å². The Kier molecular flexibility index (Phi) is 2.53. The number of nitrogens with zero attached hydrogens (tertiary/aromatic N) is 4. The van der Waals surface area contributed by atoms with Crippen molar-refractivity contribution in [2.45, 2.75) is 18.8 Å². The van der Waals surface area contributed by atoms with Gasteiger partial charge in [0.1, 0.15) is 5.69 Å². The lowest BCUT2D eigenvalue weighted by Gasteiger charge is -1.96. The summed E-state index contributed by atoms with van der Waals surface area (Å²) < 4.78 is 6.78. The molecule has 3 heterocycles. The van der Waals surface area contributed by atoms with E-state index in [1.165, 1.54) is 12.8 Å². The highest BCUT2D eigenvalue weighted by Crippen LogP contribution is 2.39. The fourth-order valence-electron chi connectivity index (χ4n) is 2.28. The molecule has 1 N–H and O–H groups in total. The van der Waals surface area contributed by atoms with Crippen LogP contribution in [0, 0.1) is 0 Å². The second-order valence-electron chi connectivity index (χ2n) is 5.24. The molecule has 0 atom stereocenters. The van der Waals surface area contributed by atoms with Crippen LogP contribution in [0.5, 0.6) is 0 Å². The first-order valence-corrected chi connectivity index (χ1v) is 6.78. The van der Waals surface area contributed by atoms with Gasteiger partial charge in [-0.1, -0.05) is 5.16 Å². The highest BCUT2D eigenvalue weighted by Gasteiger charge is 2.27. The van der Waals surface area contributed by atoms with Gasteiger partial charge in [0.2, 0.25) is 5.82 Å². The van der Waals surface area contributed by atoms with Crippen molar-refractivity contribution >= 4 is 5.78 Å². The van der Waals surface area contributed by atoms with E-state index in [9.17, 15) is 4.79 Å². The monoisotopic (exact) mass is 283 g/mol. The summed E-state index contributed by atoms with van der Waals surface area (Å²) in [5, 5.41) is 11.0. The molecule has 1 aliphatic carbocycles. The van der Waals surface area contributed by atoms with Crippen molar-refractivity contribution in [1.82, 2.24) is 24.9 Å². The van der Waals surface area contributed by atoms with E-state index in [4.69, 9.17) is 4.52 Å². The van der Waals surface area contributed by atoms with E-state index in [2.05, 4.69) is 20.3 Å². The average Bonchev–Trinajstić information content (AvgIpc) is 2.94. The molecule has 7 nitrogen and oxygen atoms in total. The lowest BCUT2D eigenvalue weighted by Crippen LogP contribution is -2.07. The zero-order valence-corrected chi connectivity index (χ0v) is 11.4. The van der Waals surface area contributed by atoms with Crippen LogP contribution in [0.4, 0.5) is 0 Å². The summed E-state index contributed by atoms with van der Waals surface area (Å²) in [7, 11) is 1.79. The number of aryl methyl sites for hydroxylation is 1. The van der Waals surface area contributed by atoms with Crippen LogP contribution in [0.3, 0.4) is 0 Å².